The lowest BCUT2D eigenvalue weighted by Gasteiger charge is -2.23. The van der Waals surface area contributed by atoms with Gasteiger partial charge in [0.15, 0.2) is 0 Å². The van der Waals surface area contributed by atoms with E-state index in [-0.39, 0.29) is 0 Å². The molecule has 3 heteroatoms. The van der Waals surface area contributed by atoms with Crippen LogP contribution in [0.5, 0.6) is 11.5 Å². The largest absolute Gasteiger partial charge is 0.456 e. The molecule has 0 bridgehead atoms. The van der Waals surface area contributed by atoms with E-state index in [1.807, 2.05) is 0 Å². The summed E-state index contributed by atoms with van der Waals surface area (Å²) in [4.78, 5) is 0. The van der Waals surface area contributed by atoms with Crippen molar-refractivity contribution in [3.8, 4) is 56.3 Å². The first-order valence-electron chi connectivity index (χ1n) is 20.3. The maximum atomic E-state index is 6.89. The first kappa shape index (κ1) is 32.2. The molecule has 0 unspecified atom stereocenters. The quantitative estimate of drug-likeness (QED) is 0.175. The number of benzene rings is 10. The van der Waals surface area contributed by atoms with E-state index in [2.05, 4.69) is 215 Å². The van der Waals surface area contributed by atoms with E-state index in [9.17, 15) is 0 Å². The maximum absolute atomic E-state index is 6.89. The molecule has 0 saturated heterocycles. The van der Waals surface area contributed by atoms with Crippen molar-refractivity contribution in [3.63, 3.8) is 0 Å². The highest BCUT2D eigenvalue weighted by Crippen LogP contribution is 2.52. The summed E-state index contributed by atoms with van der Waals surface area (Å²) in [6.07, 6.45) is 0. The lowest BCUT2D eigenvalue weighted by atomic mass is 9.90. The van der Waals surface area contributed by atoms with Crippen molar-refractivity contribution in [1.29, 1.82) is 0 Å². The van der Waals surface area contributed by atoms with Gasteiger partial charge in [-0.2, -0.15) is 0 Å². The molecule has 1 aliphatic heterocycles. The zero-order valence-electron chi connectivity index (χ0n) is 31.9. The zero-order chi connectivity index (χ0) is 38.6. The molecule has 3 heterocycles. The van der Waals surface area contributed by atoms with Crippen LogP contribution >= 0.6 is 0 Å². The van der Waals surface area contributed by atoms with Crippen LogP contribution in [0.25, 0.3) is 110 Å². The summed E-state index contributed by atoms with van der Waals surface area (Å²) in [6.45, 7) is 0. The van der Waals surface area contributed by atoms with Crippen LogP contribution in [0.1, 0.15) is 0 Å². The van der Waals surface area contributed by atoms with Gasteiger partial charge in [0.1, 0.15) is 11.5 Å². The van der Waals surface area contributed by atoms with Crippen molar-refractivity contribution < 1.29 is 4.74 Å². The Hall–Kier alpha value is -7.88. The van der Waals surface area contributed by atoms with E-state index < -0.39 is 0 Å². The molecule has 3 nitrogen and oxygen atoms in total. The summed E-state index contributed by atoms with van der Waals surface area (Å²) in [5.41, 5.74) is 14.1. The Bertz CT molecular complexity index is 3690. The molecular weight excluding hydrogens is 717 g/mol. The van der Waals surface area contributed by atoms with Gasteiger partial charge in [0.25, 0.3) is 0 Å². The summed E-state index contributed by atoms with van der Waals surface area (Å²) in [5, 5.41) is 9.75. The number of fused-ring (bicyclic) bond motifs is 10. The van der Waals surface area contributed by atoms with Crippen LogP contribution < -0.4 is 4.74 Å². The molecule has 2 aromatic heterocycles. The number of ether oxygens (including phenoxy) is 1. The monoisotopic (exact) mass is 750 g/mol. The summed E-state index contributed by atoms with van der Waals surface area (Å²) < 4.78 is 11.7. The second kappa shape index (κ2) is 12.3. The highest BCUT2D eigenvalue weighted by atomic mass is 16.5. The smallest absolute Gasteiger partial charge is 0.135 e. The molecule has 0 aliphatic carbocycles. The van der Waals surface area contributed by atoms with Crippen LogP contribution in [0, 0.1) is 0 Å². The third-order valence-corrected chi connectivity index (χ3v) is 12.5. The second-order valence-corrected chi connectivity index (χ2v) is 15.6. The molecule has 0 spiro atoms. The molecule has 0 fully saturated rings. The van der Waals surface area contributed by atoms with Gasteiger partial charge in [-0.05, 0) is 105 Å². The van der Waals surface area contributed by atoms with Crippen LogP contribution in [0.15, 0.2) is 206 Å². The normalized spacial score (nSPS) is 12.2. The van der Waals surface area contributed by atoms with E-state index in [0.717, 1.165) is 39.4 Å². The van der Waals surface area contributed by atoms with Gasteiger partial charge in [-0.15, -0.1) is 0 Å². The van der Waals surface area contributed by atoms with Crippen molar-refractivity contribution in [2.75, 3.05) is 0 Å². The molecular formula is C56H34N2O. The van der Waals surface area contributed by atoms with Gasteiger partial charge >= 0.3 is 0 Å². The average molecular weight is 751 g/mol. The summed E-state index contributed by atoms with van der Waals surface area (Å²) in [5.74, 6) is 1.76. The third kappa shape index (κ3) is 4.64. The molecule has 274 valence electrons. The summed E-state index contributed by atoms with van der Waals surface area (Å²) in [7, 11) is 0. The van der Waals surface area contributed by atoms with E-state index >= 15 is 0 Å². The molecule has 1 aliphatic rings. The minimum Gasteiger partial charge on any atom is -0.456 e. The van der Waals surface area contributed by atoms with Crippen molar-refractivity contribution in [2.45, 2.75) is 0 Å². The van der Waals surface area contributed by atoms with Crippen LogP contribution in [-0.2, 0) is 0 Å². The van der Waals surface area contributed by atoms with Gasteiger partial charge in [-0.3, -0.25) is 0 Å². The Labute approximate surface area is 340 Å². The lowest BCUT2D eigenvalue weighted by molar-refractivity contribution is 0.487. The molecule has 0 atom stereocenters. The Morgan fingerprint density at radius 3 is 1.76 bits per heavy atom. The fourth-order valence-corrected chi connectivity index (χ4v) is 9.95. The van der Waals surface area contributed by atoms with Crippen LogP contribution in [-0.4, -0.2) is 9.13 Å². The van der Waals surface area contributed by atoms with Gasteiger partial charge in [0.05, 0.1) is 27.8 Å². The van der Waals surface area contributed by atoms with Gasteiger partial charge < -0.3 is 13.9 Å². The zero-order valence-corrected chi connectivity index (χ0v) is 31.9. The fraction of sp³-hybridized carbons (Fsp3) is 0. The van der Waals surface area contributed by atoms with Crippen molar-refractivity contribution >= 4 is 65.2 Å². The first-order valence-corrected chi connectivity index (χ1v) is 20.3. The Morgan fingerprint density at radius 2 is 0.932 bits per heavy atom. The molecule has 0 amide bonds. The molecule has 12 aromatic rings. The van der Waals surface area contributed by atoms with Crippen LogP contribution in [0.2, 0.25) is 0 Å². The molecule has 59 heavy (non-hydrogen) atoms. The summed E-state index contributed by atoms with van der Waals surface area (Å²) in [6, 6.07) is 74.8. The number of rotatable bonds is 4. The molecule has 10 aromatic carbocycles. The van der Waals surface area contributed by atoms with E-state index in [1.54, 1.807) is 0 Å². The lowest BCUT2D eigenvalue weighted by Crippen LogP contribution is -1.99. The topological polar surface area (TPSA) is 19.1 Å². The number of nitrogens with zero attached hydrogens (tertiary/aromatic N) is 2. The van der Waals surface area contributed by atoms with Gasteiger partial charge in [-0.1, -0.05) is 140 Å². The minimum atomic E-state index is 0.869. The summed E-state index contributed by atoms with van der Waals surface area (Å²) >= 11 is 0. The highest BCUT2D eigenvalue weighted by molar-refractivity contribution is 6.26. The van der Waals surface area contributed by atoms with E-state index in [1.165, 1.54) is 82.0 Å². The maximum Gasteiger partial charge on any atom is 0.135 e. The number of hydrogen-bond acceptors (Lipinski definition) is 1. The van der Waals surface area contributed by atoms with Crippen LogP contribution in [0.4, 0.5) is 0 Å². The van der Waals surface area contributed by atoms with Crippen molar-refractivity contribution in [1.82, 2.24) is 9.13 Å². The average Bonchev–Trinajstić information content (AvgIpc) is 3.81. The second-order valence-electron chi connectivity index (χ2n) is 15.6. The molecule has 0 saturated carbocycles. The van der Waals surface area contributed by atoms with Crippen LogP contribution in [0.3, 0.4) is 0 Å². The Kier molecular flexibility index (Phi) is 6.72. The molecule has 13 rings (SSSR count). The van der Waals surface area contributed by atoms with Gasteiger partial charge in [0.2, 0.25) is 0 Å². The van der Waals surface area contributed by atoms with E-state index in [0.29, 0.717) is 0 Å². The van der Waals surface area contributed by atoms with Gasteiger partial charge in [-0.25, -0.2) is 0 Å². The molecule has 0 N–H and O–H groups in total. The number of hydrogen-bond donors (Lipinski definition) is 0. The Morgan fingerprint density at radius 1 is 0.288 bits per heavy atom. The minimum absolute atomic E-state index is 0.869. The first-order chi connectivity index (χ1) is 29.3. The predicted octanol–water partition coefficient (Wildman–Crippen LogP) is 15.3. The van der Waals surface area contributed by atoms with E-state index in [4.69, 9.17) is 4.74 Å². The SMILES string of the molecule is c1ccc(-c2ccc3c(c2)c2ccccc2n3-c2ccc(-c3ccc4c(c3)Oc3cccc5c3c-4cc3c5c4ccccc4n3-c3ccccc3)c3ccccc23)cc1. The number of para-hydroxylation sites is 3. The highest BCUT2D eigenvalue weighted by Gasteiger charge is 2.26. The number of aromatic nitrogens is 2. The molecule has 0 radical (unpaired) electrons. The third-order valence-electron chi connectivity index (χ3n) is 12.5. The standard InChI is InChI=1S/C56H34N2O/c1-3-14-35(15-4-1)36-27-30-51-46(32-36)42-20-9-11-23-48(42)58(51)50-31-29-39(40-18-7-8-19-41(40)50)37-26-28-43-47-34-52-55(45-22-13-25-53(56(45)47)59-54(43)33-37)44-21-10-12-24-49(44)57(52)38-16-5-2-6-17-38/h1-34H. The Balaban J connectivity index is 0.989. The van der Waals surface area contributed by atoms with Crippen molar-refractivity contribution in [3.05, 3.63) is 206 Å². The van der Waals surface area contributed by atoms with Crippen molar-refractivity contribution in [2.24, 2.45) is 0 Å². The van der Waals surface area contributed by atoms with Gasteiger partial charge in [0, 0.05) is 43.6 Å². The predicted molar refractivity (Wildman–Crippen MR) is 247 cm³/mol. The fourth-order valence-electron chi connectivity index (χ4n) is 9.95.